The Bertz CT molecular complexity index is 883. The molecular weight excluding hydrogens is 310 g/mol. The van der Waals surface area contributed by atoms with E-state index >= 15 is 0 Å². The number of hydrogen-bond donors (Lipinski definition) is 4. The van der Waals surface area contributed by atoms with Gasteiger partial charge < -0.3 is 11.1 Å². The third-order valence-electron chi connectivity index (χ3n) is 3.86. The van der Waals surface area contributed by atoms with Gasteiger partial charge in [0.2, 0.25) is 0 Å². The quantitative estimate of drug-likeness (QED) is 0.629. The average molecular weight is 333 g/mol. The number of H-pyrrole nitrogens is 2. The maximum Gasteiger partial charge on any atom is 0.327 e. The molecule has 1 unspecified atom stereocenters. The van der Waals surface area contributed by atoms with Crippen molar-refractivity contribution in [2.75, 3.05) is 6.54 Å². The van der Waals surface area contributed by atoms with Gasteiger partial charge >= 0.3 is 5.69 Å². The lowest BCUT2D eigenvalue weighted by Crippen LogP contribution is -2.52. The lowest BCUT2D eigenvalue weighted by molar-refractivity contribution is 0.0893. The van der Waals surface area contributed by atoms with Gasteiger partial charge in [-0.25, -0.2) is 9.78 Å². The van der Waals surface area contributed by atoms with E-state index in [1.165, 1.54) is 6.07 Å². The first kappa shape index (κ1) is 17.9. The molecule has 1 amide bonds. The number of aromatic nitrogens is 3. The Morgan fingerprint density at radius 2 is 2.04 bits per heavy atom. The fourth-order valence-corrected chi connectivity index (χ4v) is 2.89. The number of nitrogens with two attached hydrogens (primary N) is 1. The molecule has 0 spiro atoms. The summed E-state index contributed by atoms with van der Waals surface area (Å²) in [5, 5.41) is 3.17. The zero-order chi connectivity index (χ0) is 18.1. The summed E-state index contributed by atoms with van der Waals surface area (Å²) in [6, 6.07) is 1.53. The Morgan fingerprint density at radius 3 is 2.62 bits per heavy atom. The minimum Gasteiger partial charge on any atom is -0.344 e. The Labute approximate surface area is 138 Å². The second kappa shape index (κ2) is 6.56. The zero-order valence-corrected chi connectivity index (χ0v) is 14.3. The van der Waals surface area contributed by atoms with Crippen molar-refractivity contribution in [3.8, 4) is 0 Å². The number of nitrogens with one attached hydrogen (secondary N) is 3. The van der Waals surface area contributed by atoms with Gasteiger partial charge in [-0.3, -0.25) is 19.6 Å². The highest BCUT2D eigenvalue weighted by Crippen LogP contribution is 2.17. The molecule has 2 aromatic heterocycles. The number of fused-ring (bicyclic) bond motifs is 1. The fourth-order valence-electron chi connectivity index (χ4n) is 2.89. The third-order valence-corrected chi connectivity index (χ3v) is 3.86. The lowest BCUT2D eigenvalue weighted by atomic mass is 9.90. The molecule has 0 radical (unpaired) electrons. The first-order chi connectivity index (χ1) is 11.1. The summed E-state index contributed by atoms with van der Waals surface area (Å²) in [6.07, 6.45) is 0.721. The molecule has 1 atom stereocenters. The van der Waals surface area contributed by atoms with Crippen molar-refractivity contribution < 1.29 is 4.79 Å². The number of carbonyl (C=O) groups excluding carboxylic acids is 1. The molecule has 0 aliphatic heterocycles. The van der Waals surface area contributed by atoms with Crippen molar-refractivity contribution >= 4 is 16.9 Å². The molecule has 0 fully saturated rings. The van der Waals surface area contributed by atoms with E-state index in [2.05, 4.69) is 34.1 Å². The number of nitrogens with zero attached hydrogens (tertiary/aromatic N) is 1. The van der Waals surface area contributed by atoms with Gasteiger partial charge in [-0.05, 0) is 37.8 Å². The molecule has 8 heteroatoms. The van der Waals surface area contributed by atoms with Gasteiger partial charge in [0.25, 0.3) is 11.5 Å². The van der Waals surface area contributed by atoms with Gasteiger partial charge in [-0.15, -0.1) is 0 Å². The Hall–Kier alpha value is -2.48. The van der Waals surface area contributed by atoms with Crippen LogP contribution in [0.15, 0.2) is 15.7 Å². The van der Waals surface area contributed by atoms with Crippen molar-refractivity contribution in [3.63, 3.8) is 0 Å². The number of hydrogen-bond acceptors (Lipinski definition) is 5. The SMILES string of the molecule is Cc1cc(C(=O)NC(C)(CN)CC(C)C)nc2[nH]c(=O)[nH]c(=O)c12. The molecule has 0 saturated heterocycles. The minimum atomic E-state index is -0.663. The van der Waals surface area contributed by atoms with Crippen LogP contribution in [0.2, 0.25) is 0 Å². The van der Waals surface area contributed by atoms with Gasteiger partial charge in [-0.2, -0.15) is 0 Å². The molecule has 2 aromatic rings. The average Bonchev–Trinajstić information content (AvgIpc) is 2.44. The number of carbonyl (C=O) groups is 1. The molecule has 2 heterocycles. The van der Waals surface area contributed by atoms with Crippen LogP contribution in [-0.4, -0.2) is 32.9 Å². The Kier molecular flexibility index (Phi) is 4.88. The molecule has 24 heavy (non-hydrogen) atoms. The first-order valence-corrected chi connectivity index (χ1v) is 7.82. The number of pyridine rings is 1. The van der Waals surface area contributed by atoms with E-state index in [9.17, 15) is 14.4 Å². The van der Waals surface area contributed by atoms with Crippen LogP contribution in [-0.2, 0) is 0 Å². The second-order valence-electron chi connectivity index (χ2n) is 6.77. The molecule has 0 aliphatic rings. The zero-order valence-electron chi connectivity index (χ0n) is 14.3. The Morgan fingerprint density at radius 1 is 1.38 bits per heavy atom. The van der Waals surface area contributed by atoms with E-state index in [1.807, 2.05) is 6.92 Å². The number of aromatic amines is 2. The van der Waals surface area contributed by atoms with Crippen molar-refractivity contribution in [3.05, 3.63) is 38.2 Å². The minimum absolute atomic E-state index is 0.0900. The summed E-state index contributed by atoms with van der Waals surface area (Å²) in [4.78, 5) is 44.6. The van der Waals surface area contributed by atoms with E-state index in [0.717, 1.165) is 6.42 Å². The van der Waals surface area contributed by atoms with Crippen LogP contribution in [0.4, 0.5) is 0 Å². The van der Waals surface area contributed by atoms with Crippen LogP contribution >= 0.6 is 0 Å². The van der Waals surface area contributed by atoms with Gasteiger partial charge in [-0.1, -0.05) is 13.8 Å². The van der Waals surface area contributed by atoms with Gasteiger partial charge in [0.1, 0.15) is 11.3 Å². The lowest BCUT2D eigenvalue weighted by Gasteiger charge is -2.31. The topological polar surface area (TPSA) is 134 Å². The van der Waals surface area contributed by atoms with E-state index in [-0.39, 0.29) is 16.7 Å². The molecule has 0 saturated carbocycles. The number of amides is 1. The van der Waals surface area contributed by atoms with Crippen LogP contribution < -0.4 is 22.3 Å². The van der Waals surface area contributed by atoms with Crippen LogP contribution in [0, 0.1) is 12.8 Å². The maximum absolute atomic E-state index is 12.6. The first-order valence-electron chi connectivity index (χ1n) is 7.82. The highest BCUT2D eigenvalue weighted by Gasteiger charge is 2.27. The number of rotatable bonds is 5. The molecule has 0 aliphatic carbocycles. The van der Waals surface area contributed by atoms with Gasteiger partial charge in [0.15, 0.2) is 0 Å². The summed E-state index contributed by atoms with van der Waals surface area (Å²) >= 11 is 0. The standard InChI is InChI=1S/C16H23N5O3/c1-8(2)6-16(4,7-17)21-13(22)10-5-9(3)11-12(18-10)19-15(24)20-14(11)23/h5,8H,6-7,17H2,1-4H3,(H,21,22)(H2,18,19,20,23,24). The van der Waals surface area contributed by atoms with E-state index < -0.39 is 22.7 Å². The summed E-state index contributed by atoms with van der Waals surface area (Å²) in [5.41, 5.74) is 4.84. The van der Waals surface area contributed by atoms with Crippen molar-refractivity contribution in [2.45, 2.75) is 39.7 Å². The summed E-state index contributed by atoms with van der Waals surface area (Å²) < 4.78 is 0. The second-order valence-corrected chi connectivity index (χ2v) is 6.77. The van der Waals surface area contributed by atoms with Crippen LogP contribution in [0.5, 0.6) is 0 Å². The molecule has 8 nitrogen and oxygen atoms in total. The molecule has 130 valence electrons. The van der Waals surface area contributed by atoms with E-state index in [4.69, 9.17) is 5.73 Å². The monoisotopic (exact) mass is 333 g/mol. The van der Waals surface area contributed by atoms with E-state index in [1.54, 1.807) is 6.92 Å². The van der Waals surface area contributed by atoms with Crippen LogP contribution in [0.25, 0.3) is 11.0 Å². The molecule has 0 aromatic carbocycles. The van der Waals surface area contributed by atoms with E-state index in [0.29, 0.717) is 18.0 Å². The Balaban J connectivity index is 2.43. The predicted octanol–water partition coefficient (Wildman–Crippen LogP) is 0.413. The van der Waals surface area contributed by atoms with Crippen molar-refractivity contribution in [1.82, 2.24) is 20.3 Å². The molecule has 5 N–H and O–H groups in total. The van der Waals surface area contributed by atoms with Crippen molar-refractivity contribution in [1.29, 1.82) is 0 Å². The molecule has 0 bridgehead atoms. The predicted molar refractivity (Wildman–Crippen MR) is 92.1 cm³/mol. The molecule has 2 rings (SSSR count). The summed E-state index contributed by atoms with van der Waals surface area (Å²) in [5.74, 6) is -0.0326. The summed E-state index contributed by atoms with van der Waals surface area (Å²) in [6.45, 7) is 7.96. The maximum atomic E-state index is 12.6. The fraction of sp³-hybridized carbons (Fsp3) is 0.500. The number of aryl methyl sites for hydroxylation is 1. The highest BCUT2D eigenvalue weighted by atomic mass is 16.2. The van der Waals surface area contributed by atoms with Gasteiger partial charge in [0.05, 0.1) is 10.9 Å². The van der Waals surface area contributed by atoms with Crippen LogP contribution in [0.1, 0.15) is 43.2 Å². The summed E-state index contributed by atoms with van der Waals surface area (Å²) in [7, 11) is 0. The largest absolute Gasteiger partial charge is 0.344 e. The smallest absolute Gasteiger partial charge is 0.327 e. The van der Waals surface area contributed by atoms with Crippen LogP contribution in [0.3, 0.4) is 0 Å². The van der Waals surface area contributed by atoms with Gasteiger partial charge in [0, 0.05) is 6.54 Å². The third kappa shape index (κ3) is 3.70. The highest BCUT2D eigenvalue weighted by molar-refractivity contribution is 5.95. The molecular formula is C16H23N5O3. The van der Waals surface area contributed by atoms with Crippen molar-refractivity contribution in [2.24, 2.45) is 11.7 Å². The normalized spacial score (nSPS) is 13.9.